The van der Waals surface area contributed by atoms with Gasteiger partial charge in [-0.25, -0.2) is 0 Å². The SMILES string of the molecule is C=C(/C(C)=C/c1ccc2nn(Cc3ccc(C(F)(F)F)cc3C(F)(F)F)cc2c1)N(C)CCN(CC)CC. The molecular formula is C28H32F6N4. The van der Waals surface area contributed by atoms with Crippen molar-refractivity contribution in [2.45, 2.75) is 39.7 Å². The number of fused-ring (bicyclic) bond motifs is 1. The van der Waals surface area contributed by atoms with Gasteiger partial charge in [-0.3, -0.25) is 4.68 Å². The number of hydrogen-bond acceptors (Lipinski definition) is 3. The predicted molar refractivity (Wildman–Crippen MR) is 138 cm³/mol. The van der Waals surface area contributed by atoms with Gasteiger partial charge in [0.25, 0.3) is 0 Å². The number of allylic oxidation sites excluding steroid dienone is 1. The summed E-state index contributed by atoms with van der Waals surface area (Å²) in [5.41, 5.74) is 0.335. The van der Waals surface area contributed by atoms with Crippen molar-refractivity contribution < 1.29 is 26.3 Å². The van der Waals surface area contributed by atoms with Crippen molar-refractivity contribution in [2.24, 2.45) is 0 Å². The van der Waals surface area contributed by atoms with Crippen LogP contribution in [0.2, 0.25) is 0 Å². The number of rotatable bonds is 10. The Kier molecular flexibility index (Phi) is 8.97. The van der Waals surface area contributed by atoms with E-state index in [0.717, 1.165) is 49.1 Å². The summed E-state index contributed by atoms with van der Waals surface area (Å²) >= 11 is 0. The summed E-state index contributed by atoms with van der Waals surface area (Å²) in [4.78, 5) is 4.43. The molecule has 0 saturated carbocycles. The van der Waals surface area contributed by atoms with Crippen molar-refractivity contribution >= 4 is 17.0 Å². The maximum Gasteiger partial charge on any atom is 0.416 e. The third-order valence-electron chi connectivity index (χ3n) is 6.60. The highest BCUT2D eigenvalue weighted by Crippen LogP contribution is 2.37. The summed E-state index contributed by atoms with van der Waals surface area (Å²) in [6.07, 6.45) is -6.23. The number of likely N-dealkylation sites (N-methyl/N-ethyl adjacent to an activating group) is 2. The highest BCUT2D eigenvalue weighted by atomic mass is 19.4. The highest BCUT2D eigenvalue weighted by molar-refractivity contribution is 5.81. The van der Waals surface area contributed by atoms with Crippen molar-refractivity contribution in [1.82, 2.24) is 19.6 Å². The molecule has 4 nitrogen and oxygen atoms in total. The Balaban J connectivity index is 1.81. The molecule has 0 amide bonds. The van der Waals surface area contributed by atoms with Crippen molar-refractivity contribution in [3.05, 3.63) is 82.7 Å². The zero-order valence-electron chi connectivity index (χ0n) is 21.9. The summed E-state index contributed by atoms with van der Waals surface area (Å²) < 4.78 is 80.8. The average molecular weight is 539 g/mol. The quantitative estimate of drug-likeness (QED) is 0.200. The van der Waals surface area contributed by atoms with E-state index >= 15 is 0 Å². The van der Waals surface area contributed by atoms with Gasteiger partial charge in [-0.15, -0.1) is 0 Å². The molecule has 0 atom stereocenters. The summed E-state index contributed by atoms with van der Waals surface area (Å²) in [6, 6.07) is 7.14. The third-order valence-corrected chi connectivity index (χ3v) is 6.60. The molecule has 0 spiro atoms. The number of alkyl halides is 6. The van der Waals surface area contributed by atoms with Gasteiger partial charge in [0.15, 0.2) is 0 Å². The molecule has 0 radical (unpaired) electrons. The van der Waals surface area contributed by atoms with E-state index in [0.29, 0.717) is 17.0 Å². The second-order valence-corrected chi connectivity index (χ2v) is 9.23. The Hall–Kier alpha value is -3.27. The lowest BCUT2D eigenvalue weighted by Gasteiger charge is -2.26. The Labute approximate surface area is 218 Å². The van der Waals surface area contributed by atoms with Crippen molar-refractivity contribution in [2.75, 3.05) is 33.2 Å². The molecule has 1 heterocycles. The van der Waals surface area contributed by atoms with Crippen LogP contribution in [0.5, 0.6) is 0 Å². The van der Waals surface area contributed by atoms with Gasteiger partial charge in [0.1, 0.15) is 0 Å². The molecular weight excluding hydrogens is 506 g/mol. The van der Waals surface area contributed by atoms with E-state index in [1.165, 1.54) is 4.68 Å². The van der Waals surface area contributed by atoms with Crippen molar-refractivity contribution in [3.8, 4) is 0 Å². The normalized spacial score (nSPS) is 13.0. The molecule has 3 aromatic rings. The van der Waals surface area contributed by atoms with Crippen LogP contribution in [0, 0.1) is 0 Å². The molecule has 0 aliphatic heterocycles. The van der Waals surface area contributed by atoms with Crippen molar-refractivity contribution in [3.63, 3.8) is 0 Å². The van der Waals surface area contributed by atoms with Crippen LogP contribution in [0.3, 0.4) is 0 Å². The maximum absolute atomic E-state index is 13.5. The number of benzene rings is 2. The van der Waals surface area contributed by atoms with Crippen LogP contribution in [0.1, 0.15) is 43.0 Å². The minimum atomic E-state index is -4.93. The molecule has 0 unspecified atom stereocenters. The molecule has 1 aromatic heterocycles. The van der Waals surface area contributed by atoms with Crippen LogP contribution < -0.4 is 0 Å². The Bertz CT molecular complexity index is 1300. The van der Waals surface area contributed by atoms with E-state index in [2.05, 4.69) is 35.3 Å². The third kappa shape index (κ3) is 7.18. The molecule has 38 heavy (non-hydrogen) atoms. The molecule has 0 aliphatic rings. The summed E-state index contributed by atoms with van der Waals surface area (Å²) in [6.45, 7) is 13.8. The van der Waals surface area contributed by atoms with Gasteiger partial charge in [-0.1, -0.05) is 32.6 Å². The molecule has 3 rings (SSSR count). The van der Waals surface area contributed by atoms with E-state index in [1.807, 2.05) is 32.2 Å². The summed E-state index contributed by atoms with van der Waals surface area (Å²) in [5, 5.41) is 5.02. The van der Waals surface area contributed by atoms with Gasteiger partial charge in [-0.05, 0) is 67.1 Å². The molecule has 0 fully saturated rings. The maximum atomic E-state index is 13.5. The minimum Gasteiger partial charge on any atom is -0.374 e. The number of aromatic nitrogens is 2. The lowest BCUT2D eigenvalue weighted by atomic mass is 10.0. The second-order valence-electron chi connectivity index (χ2n) is 9.23. The fourth-order valence-corrected chi connectivity index (χ4v) is 4.20. The Morgan fingerprint density at radius 2 is 1.66 bits per heavy atom. The largest absolute Gasteiger partial charge is 0.416 e. The first-order valence-corrected chi connectivity index (χ1v) is 12.3. The number of hydrogen-bond donors (Lipinski definition) is 0. The van der Waals surface area contributed by atoms with Crippen LogP contribution in [0.25, 0.3) is 17.0 Å². The Morgan fingerprint density at radius 1 is 0.974 bits per heavy atom. The Morgan fingerprint density at radius 3 is 2.26 bits per heavy atom. The molecule has 0 N–H and O–H groups in total. The van der Waals surface area contributed by atoms with E-state index in [1.54, 1.807) is 12.3 Å². The molecule has 2 aromatic carbocycles. The van der Waals surface area contributed by atoms with Crippen LogP contribution in [-0.2, 0) is 18.9 Å². The zero-order chi connectivity index (χ0) is 28.3. The average Bonchev–Trinajstić information content (AvgIpc) is 3.24. The lowest BCUT2D eigenvalue weighted by Crippen LogP contribution is -2.32. The van der Waals surface area contributed by atoms with Gasteiger partial charge >= 0.3 is 12.4 Å². The van der Waals surface area contributed by atoms with Crippen LogP contribution >= 0.6 is 0 Å². The predicted octanol–water partition coefficient (Wildman–Crippen LogP) is 7.31. The smallest absolute Gasteiger partial charge is 0.374 e. The second kappa shape index (κ2) is 11.6. The molecule has 0 saturated heterocycles. The first-order chi connectivity index (χ1) is 17.7. The van der Waals surface area contributed by atoms with Gasteiger partial charge in [0.05, 0.1) is 23.2 Å². The molecule has 0 aliphatic carbocycles. The molecule has 206 valence electrons. The molecule has 10 heteroatoms. The number of nitrogens with zero attached hydrogens (tertiary/aromatic N) is 4. The number of halogens is 6. The fourth-order valence-electron chi connectivity index (χ4n) is 4.20. The first kappa shape index (κ1) is 29.3. The van der Waals surface area contributed by atoms with Gasteiger partial charge in [0.2, 0.25) is 0 Å². The van der Waals surface area contributed by atoms with Crippen molar-refractivity contribution in [1.29, 1.82) is 0 Å². The summed E-state index contributed by atoms with van der Waals surface area (Å²) in [7, 11) is 1.99. The molecule has 0 bridgehead atoms. The van der Waals surface area contributed by atoms with Gasteiger partial charge < -0.3 is 9.80 Å². The lowest BCUT2D eigenvalue weighted by molar-refractivity contribution is -0.143. The van der Waals surface area contributed by atoms with E-state index in [4.69, 9.17) is 0 Å². The van der Waals surface area contributed by atoms with Gasteiger partial charge in [-0.2, -0.15) is 31.4 Å². The highest BCUT2D eigenvalue weighted by Gasteiger charge is 2.38. The zero-order valence-corrected chi connectivity index (χ0v) is 21.9. The van der Waals surface area contributed by atoms with Crippen LogP contribution in [-0.4, -0.2) is 52.8 Å². The standard InChI is InChI=1S/C28H32F6N4/c1-6-37(7-2)13-12-36(5)20(4)19(3)14-21-8-11-26-23(15-21)18-38(35-26)17-22-9-10-24(27(29,30)31)16-25(22)28(32,33)34/h8-11,14-16,18H,4,6-7,12-13,17H2,1-3,5H3/b19-14+. The van der Waals surface area contributed by atoms with Gasteiger partial charge in [0, 0.05) is 37.4 Å². The monoisotopic (exact) mass is 538 g/mol. The summed E-state index contributed by atoms with van der Waals surface area (Å²) in [5.74, 6) is 0. The van der Waals surface area contributed by atoms with Crippen LogP contribution in [0.4, 0.5) is 26.3 Å². The van der Waals surface area contributed by atoms with Crippen LogP contribution in [0.15, 0.2) is 60.4 Å². The first-order valence-electron chi connectivity index (χ1n) is 12.3. The minimum absolute atomic E-state index is 0.149. The van der Waals surface area contributed by atoms with E-state index in [-0.39, 0.29) is 18.2 Å². The van der Waals surface area contributed by atoms with E-state index < -0.39 is 23.5 Å². The topological polar surface area (TPSA) is 24.3 Å². The fraction of sp³-hybridized carbons (Fsp3) is 0.393. The van der Waals surface area contributed by atoms with E-state index in [9.17, 15) is 26.3 Å².